The first-order valence-electron chi connectivity index (χ1n) is 4.27. The first kappa shape index (κ1) is 6.18. The Labute approximate surface area is 71.5 Å². The van der Waals surface area contributed by atoms with E-state index < -0.39 is 0 Å². The van der Waals surface area contributed by atoms with Gasteiger partial charge in [-0.05, 0) is 17.2 Å². The van der Waals surface area contributed by atoms with Gasteiger partial charge in [-0.3, -0.25) is 4.99 Å². The summed E-state index contributed by atoms with van der Waals surface area (Å²) in [6, 6.07) is 8.55. The van der Waals surface area contributed by atoms with Crippen LogP contribution >= 0.6 is 0 Å². The molecule has 2 bridgehead atoms. The Hall–Kier alpha value is -1.37. The fraction of sp³-hybridized carbons (Fsp3) is 0.182. The van der Waals surface area contributed by atoms with Crippen LogP contribution in [0.3, 0.4) is 0 Å². The Morgan fingerprint density at radius 1 is 1.25 bits per heavy atom. The zero-order valence-electron chi connectivity index (χ0n) is 6.70. The third kappa shape index (κ3) is 0.708. The van der Waals surface area contributed by atoms with Crippen molar-refractivity contribution in [2.24, 2.45) is 4.99 Å². The highest BCUT2D eigenvalue weighted by Gasteiger charge is 2.22. The summed E-state index contributed by atoms with van der Waals surface area (Å²) in [6.45, 7) is 0. The van der Waals surface area contributed by atoms with Gasteiger partial charge in [0.15, 0.2) is 0 Å². The average molecular weight is 155 g/mol. The molecule has 1 heterocycles. The monoisotopic (exact) mass is 155 g/mol. The molecule has 1 aromatic rings. The number of rotatable bonds is 0. The summed E-state index contributed by atoms with van der Waals surface area (Å²) >= 11 is 0. The van der Waals surface area contributed by atoms with E-state index in [0.29, 0.717) is 5.92 Å². The molecule has 1 aliphatic heterocycles. The first-order chi connectivity index (χ1) is 5.93. The van der Waals surface area contributed by atoms with Crippen LogP contribution in [0.1, 0.15) is 23.5 Å². The van der Waals surface area contributed by atoms with E-state index >= 15 is 0 Å². The topological polar surface area (TPSA) is 12.4 Å². The zero-order chi connectivity index (χ0) is 7.97. The molecule has 12 heavy (non-hydrogen) atoms. The lowest BCUT2D eigenvalue weighted by Crippen LogP contribution is -2.01. The summed E-state index contributed by atoms with van der Waals surface area (Å²) in [5, 5.41) is 0. The second-order valence-electron chi connectivity index (χ2n) is 3.35. The van der Waals surface area contributed by atoms with E-state index in [4.69, 9.17) is 0 Å². The van der Waals surface area contributed by atoms with Crippen molar-refractivity contribution in [3.63, 3.8) is 0 Å². The number of hydrogen-bond donors (Lipinski definition) is 0. The van der Waals surface area contributed by atoms with Crippen molar-refractivity contribution < 1.29 is 0 Å². The summed E-state index contributed by atoms with van der Waals surface area (Å²) < 4.78 is 0. The number of hydrogen-bond acceptors (Lipinski definition) is 1. The summed E-state index contributed by atoms with van der Waals surface area (Å²) in [5.74, 6) is 0.557. The van der Waals surface area contributed by atoms with Crippen molar-refractivity contribution in [1.82, 2.24) is 0 Å². The third-order valence-electron chi connectivity index (χ3n) is 2.57. The predicted molar refractivity (Wildman–Crippen MR) is 50.3 cm³/mol. The second kappa shape index (κ2) is 2.07. The summed E-state index contributed by atoms with van der Waals surface area (Å²) in [4.78, 5) is 4.35. The van der Waals surface area contributed by atoms with Gasteiger partial charge in [-0.15, -0.1) is 0 Å². The Morgan fingerprint density at radius 2 is 2.17 bits per heavy atom. The molecule has 2 aliphatic rings. The van der Waals surface area contributed by atoms with Gasteiger partial charge in [-0.1, -0.05) is 24.3 Å². The minimum absolute atomic E-state index is 0.557. The molecule has 1 aromatic carbocycles. The summed E-state index contributed by atoms with van der Waals surface area (Å²) in [5.41, 5.74) is 4.02. The van der Waals surface area contributed by atoms with E-state index in [1.165, 1.54) is 16.8 Å². The van der Waals surface area contributed by atoms with Gasteiger partial charge in [0, 0.05) is 24.3 Å². The molecule has 0 spiro atoms. The summed E-state index contributed by atoms with van der Waals surface area (Å²) in [6.07, 6.45) is 5.37. The van der Waals surface area contributed by atoms with Crippen molar-refractivity contribution in [3.8, 4) is 0 Å². The molecule has 1 aliphatic carbocycles. The molecule has 1 nitrogen and oxygen atoms in total. The minimum atomic E-state index is 0.557. The highest BCUT2D eigenvalue weighted by molar-refractivity contribution is 5.80. The number of nitrogens with zero attached hydrogens (tertiary/aromatic N) is 1. The molecule has 1 unspecified atom stereocenters. The van der Waals surface area contributed by atoms with Crippen LogP contribution in [0.2, 0.25) is 0 Å². The van der Waals surface area contributed by atoms with Crippen LogP contribution in [0.25, 0.3) is 6.08 Å². The van der Waals surface area contributed by atoms with Crippen LogP contribution in [0.4, 0.5) is 0 Å². The highest BCUT2D eigenvalue weighted by atomic mass is 14.8. The van der Waals surface area contributed by atoms with Crippen LogP contribution in [0, 0.1) is 0 Å². The van der Waals surface area contributed by atoms with Crippen molar-refractivity contribution in [2.45, 2.75) is 12.3 Å². The molecule has 0 radical (unpaired) electrons. The molecule has 58 valence electrons. The third-order valence-corrected chi connectivity index (χ3v) is 2.57. The molecule has 0 amide bonds. The van der Waals surface area contributed by atoms with Crippen LogP contribution < -0.4 is 0 Å². The number of allylic oxidation sites excluding steroid dienone is 1. The molecule has 0 saturated heterocycles. The second-order valence-corrected chi connectivity index (χ2v) is 3.35. The van der Waals surface area contributed by atoms with Gasteiger partial charge < -0.3 is 0 Å². The fourth-order valence-corrected chi connectivity index (χ4v) is 1.96. The van der Waals surface area contributed by atoms with E-state index in [-0.39, 0.29) is 0 Å². The van der Waals surface area contributed by atoms with E-state index in [1.807, 2.05) is 0 Å². The number of benzene rings is 1. The van der Waals surface area contributed by atoms with Crippen molar-refractivity contribution in [1.29, 1.82) is 0 Å². The van der Waals surface area contributed by atoms with Gasteiger partial charge in [0.1, 0.15) is 0 Å². The minimum Gasteiger partial charge on any atom is -0.265 e. The standard InChI is InChI=1S/C11H9N/c1-2-4-11-8(3-1)5-10-6-9(11)7-12-10/h1-5,7,9H,6H2. The van der Waals surface area contributed by atoms with Crippen molar-refractivity contribution in [2.75, 3.05) is 0 Å². The van der Waals surface area contributed by atoms with Gasteiger partial charge >= 0.3 is 0 Å². The lowest BCUT2D eigenvalue weighted by atomic mass is 9.88. The van der Waals surface area contributed by atoms with Gasteiger partial charge in [0.25, 0.3) is 0 Å². The Bertz CT molecular complexity index is 388. The fourth-order valence-electron chi connectivity index (χ4n) is 1.96. The lowest BCUT2D eigenvalue weighted by molar-refractivity contribution is 0.906. The smallest absolute Gasteiger partial charge is 0.0415 e. The van der Waals surface area contributed by atoms with E-state index in [9.17, 15) is 0 Å². The molecule has 1 heteroatoms. The van der Waals surface area contributed by atoms with Gasteiger partial charge in [-0.25, -0.2) is 0 Å². The molecule has 0 saturated carbocycles. The van der Waals surface area contributed by atoms with Crippen molar-refractivity contribution in [3.05, 3.63) is 41.1 Å². The largest absolute Gasteiger partial charge is 0.265 e. The maximum atomic E-state index is 4.35. The maximum Gasteiger partial charge on any atom is 0.0415 e. The average Bonchev–Trinajstić information content (AvgIpc) is 2.49. The van der Waals surface area contributed by atoms with Crippen LogP contribution in [-0.2, 0) is 0 Å². The Kier molecular flexibility index (Phi) is 1.06. The van der Waals surface area contributed by atoms with Crippen LogP contribution in [0.15, 0.2) is 35.0 Å². The van der Waals surface area contributed by atoms with E-state index in [2.05, 4.69) is 41.5 Å². The molecular formula is C11H9N. The van der Waals surface area contributed by atoms with Crippen LogP contribution in [0.5, 0.6) is 0 Å². The predicted octanol–water partition coefficient (Wildman–Crippen LogP) is 2.60. The lowest BCUT2D eigenvalue weighted by Gasteiger charge is -2.14. The molecule has 0 aromatic heterocycles. The SMILES string of the molecule is C1=NC2=Cc3ccccc3C1C2. The first-order valence-corrected chi connectivity index (χ1v) is 4.27. The van der Waals surface area contributed by atoms with E-state index in [1.54, 1.807) is 0 Å². The van der Waals surface area contributed by atoms with E-state index in [0.717, 1.165) is 6.42 Å². The summed E-state index contributed by atoms with van der Waals surface area (Å²) in [7, 11) is 0. The highest BCUT2D eigenvalue weighted by Crippen LogP contribution is 2.36. The zero-order valence-corrected chi connectivity index (χ0v) is 6.70. The molecule has 0 N–H and O–H groups in total. The number of aliphatic imine (C=N–C) groups is 1. The maximum absolute atomic E-state index is 4.35. The normalized spacial score (nSPS) is 23.7. The van der Waals surface area contributed by atoms with Gasteiger partial charge in [0.2, 0.25) is 0 Å². The molecular weight excluding hydrogens is 146 g/mol. The Balaban J connectivity index is 2.29. The number of fused-ring (bicyclic) bond motifs is 4. The Morgan fingerprint density at radius 3 is 3.17 bits per heavy atom. The van der Waals surface area contributed by atoms with Crippen LogP contribution in [-0.4, -0.2) is 6.21 Å². The van der Waals surface area contributed by atoms with Crippen molar-refractivity contribution >= 4 is 12.3 Å². The quantitative estimate of drug-likeness (QED) is 0.546. The molecule has 1 atom stereocenters. The van der Waals surface area contributed by atoms with Gasteiger partial charge in [0.05, 0.1) is 0 Å². The molecule has 0 fully saturated rings. The van der Waals surface area contributed by atoms with Gasteiger partial charge in [-0.2, -0.15) is 0 Å². The molecule has 3 rings (SSSR count).